The Labute approximate surface area is 154 Å². The number of benzene rings is 1. The molecule has 132 valence electrons. The fourth-order valence-corrected chi connectivity index (χ4v) is 2.68. The summed E-state index contributed by atoms with van der Waals surface area (Å²) in [5, 5.41) is 9.25. The summed E-state index contributed by atoms with van der Waals surface area (Å²) in [7, 11) is 0. The van der Waals surface area contributed by atoms with Gasteiger partial charge in [0.2, 0.25) is 0 Å². The van der Waals surface area contributed by atoms with Crippen molar-refractivity contribution in [1.82, 2.24) is 5.32 Å². The van der Waals surface area contributed by atoms with Crippen molar-refractivity contribution >= 4 is 46.4 Å². The van der Waals surface area contributed by atoms with Crippen molar-refractivity contribution in [3.63, 3.8) is 0 Å². The first-order chi connectivity index (χ1) is 12.0. The molecule has 1 aromatic heterocycles. The lowest BCUT2D eigenvalue weighted by atomic mass is 10.2. The van der Waals surface area contributed by atoms with E-state index in [1.165, 1.54) is 11.3 Å². The number of carbonyl (C=O) groups is 3. The van der Waals surface area contributed by atoms with E-state index in [0.29, 0.717) is 16.3 Å². The standard InChI is InChI=1S/C17H17ClN2O4S/c1-11-2-3-13(8-14(11)18)20-15(21)9-24-16(22)4-6-19-17(23)12-5-7-25-10-12/h2-3,5,7-8,10H,4,6,9H2,1H3,(H,19,23)(H,20,21). The Morgan fingerprint density at radius 2 is 2.04 bits per heavy atom. The molecule has 1 heterocycles. The summed E-state index contributed by atoms with van der Waals surface area (Å²) in [6.45, 7) is 1.60. The van der Waals surface area contributed by atoms with Crippen LogP contribution in [-0.4, -0.2) is 30.9 Å². The molecule has 2 aromatic rings. The Morgan fingerprint density at radius 3 is 2.72 bits per heavy atom. The zero-order chi connectivity index (χ0) is 18.2. The third-order valence-electron chi connectivity index (χ3n) is 3.22. The Hall–Kier alpha value is -2.38. The van der Waals surface area contributed by atoms with E-state index in [2.05, 4.69) is 10.6 Å². The molecule has 0 aliphatic carbocycles. The first kappa shape index (κ1) is 19.0. The van der Waals surface area contributed by atoms with E-state index in [-0.39, 0.29) is 18.9 Å². The van der Waals surface area contributed by atoms with Crippen LogP contribution in [0.15, 0.2) is 35.0 Å². The van der Waals surface area contributed by atoms with Crippen LogP contribution in [0.2, 0.25) is 5.02 Å². The van der Waals surface area contributed by atoms with Crippen LogP contribution in [0.5, 0.6) is 0 Å². The summed E-state index contributed by atoms with van der Waals surface area (Å²) >= 11 is 7.39. The molecular formula is C17H17ClN2O4S. The number of hydrogen-bond acceptors (Lipinski definition) is 5. The molecule has 2 amide bonds. The largest absolute Gasteiger partial charge is 0.456 e. The SMILES string of the molecule is Cc1ccc(NC(=O)COC(=O)CCNC(=O)c2ccsc2)cc1Cl. The lowest BCUT2D eigenvalue weighted by Gasteiger charge is -2.08. The normalized spacial score (nSPS) is 10.2. The molecule has 6 nitrogen and oxygen atoms in total. The van der Waals surface area contributed by atoms with E-state index < -0.39 is 18.5 Å². The van der Waals surface area contributed by atoms with Gasteiger partial charge in [0.05, 0.1) is 6.42 Å². The van der Waals surface area contributed by atoms with Gasteiger partial charge >= 0.3 is 5.97 Å². The second-order valence-corrected chi connectivity index (χ2v) is 6.38. The molecule has 0 unspecified atom stereocenters. The molecule has 0 aliphatic rings. The zero-order valence-electron chi connectivity index (χ0n) is 13.5. The fraction of sp³-hybridized carbons (Fsp3) is 0.235. The van der Waals surface area contributed by atoms with Crippen molar-refractivity contribution in [3.8, 4) is 0 Å². The van der Waals surface area contributed by atoms with Gasteiger partial charge in [0.15, 0.2) is 6.61 Å². The molecule has 0 spiro atoms. The van der Waals surface area contributed by atoms with Crippen LogP contribution in [0.25, 0.3) is 0 Å². The van der Waals surface area contributed by atoms with Crippen LogP contribution in [0.4, 0.5) is 5.69 Å². The highest BCUT2D eigenvalue weighted by Crippen LogP contribution is 2.19. The maximum atomic E-state index is 11.8. The van der Waals surface area contributed by atoms with Crippen molar-refractivity contribution in [1.29, 1.82) is 0 Å². The number of amides is 2. The molecule has 0 radical (unpaired) electrons. The zero-order valence-corrected chi connectivity index (χ0v) is 15.1. The van der Waals surface area contributed by atoms with E-state index in [1.807, 2.05) is 6.92 Å². The number of ether oxygens (including phenoxy) is 1. The second kappa shape index (κ2) is 9.19. The molecule has 25 heavy (non-hydrogen) atoms. The minimum absolute atomic E-state index is 0.0144. The summed E-state index contributed by atoms with van der Waals surface area (Å²) in [4.78, 5) is 35.0. The molecule has 0 aliphatic heterocycles. The number of halogens is 1. The van der Waals surface area contributed by atoms with Gasteiger partial charge in [-0.05, 0) is 36.1 Å². The summed E-state index contributed by atoms with van der Waals surface area (Å²) < 4.78 is 4.87. The summed E-state index contributed by atoms with van der Waals surface area (Å²) in [6.07, 6.45) is -0.0144. The van der Waals surface area contributed by atoms with Gasteiger partial charge in [-0.2, -0.15) is 11.3 Å². The van der Waals surface area contributed by atoms with E-state index in [9.17, 15) is 14.4 Å². The Kier molecular flexibility index (Phi) is 6.97. The number of anilines is 1. The predicted octanol–water partition coefficient (Wildman–Crippen LogP) is 3.01. The third kappa shape index (κ3) is 6.21. The minimum atomic E-state index is -0.567. The van der Waals surface area contributed by atoms with E-state index in [1.54, 1.807) is 35.0 Å². The van der Waals surface area contributed by atoms with E-state index in [4.69, 9.17) is 16.3 Å². The number of rotatable bonds is 7. The number of nitrogens with one attached hydrogen (secondary N) is 2. The Balaban J connectivity index is 1.66. The smallest absolute Gasteiger partial charge is 0.308 e. The fourth-order valence-electron chi connectivity index (χ4n) is 1.86. The van der Waals surface area contributed by atoms with Crippen molar-refractivity contribution in [2.75, 3.05) is 18.5 Å². The van der Waals surface area contributed by atoms with Crippen LogP contribution in [-0.2, 0) is 14.3 Å². The van der Waals surface area contributed by atoms with Gasteiger partial charge in [0, 0.05) is 28.2 Å². The molecule has 0 saturated carbocycles. The van der Waals surface area contributed by atoms with Crippen LogP contribution in [0, 0.1) is 6.92 Å². The summed E-state index contributed by atoms with van der Waals surface area (Å²) in [6, 6.07) is 6.80. The van der Waals surface area contributed by atoms with Crippen LogP contribution >= 0.6 is 22.9 Å². The first-order valence-electron chi connectivity index (χ1n) is 7.47. The highest BCUT2D eigenvalue weighted by Gasteiger charge is 2.10. The summed E-state index contributed by atoms with van der Waals surface area (Å²) in [5.41, 5.74) is 1.98. The van der Waals surface area contributed by atoms with Gasteiger partial charge in [-0.3, -0.25) is 14.4 Å². The predicted molar refractivity (Wildman–Crippen MR) is 97.0 cm³/mol. The van der Waals surface area contributed by atoms with E-state index in [0.717, 1.165) is 5.56 Å². The molecule has 1 aromatic carbocycles. The Bertz CT molecular complexity index is 762. The Morgan fingerprint density at radius 1 is 1.24 bits per heavy atom. The van der Waals surface area contributed by atoms with Crippen molar-refractivity contribution < 1.29 is 19.1 Å². The van der Waals surface area contributed by atoms with Gasteiger partial charge in [0.1, 0.15) is 0 Å². The highest BCUT2D eigenvalue weighted by molar-refractivity contribution is 7.08. The van der Waals surface area contributed by atoms with Gasteiger partial charge in [-0.25, -0.2) is 0 Å². The van der Waals surface area contributed by atoms with Crippen molar-refractivity contribution in [3.05, 3.63) is 51.2 Å². The average molecular weight is 381 g/mol. The lowest BCUT2D eigenvalue weighted by molar-refractivity contribution is -0.147. The van der Waals surface area contributed by atoms with Crippen LogP contribution in [0.1, 0.15) is 22.3 Å². The monoisotopic (exact) mass is 380 g/mol. The molecule has 2 rings (SSSR count). The molecule has 2 N–H and O–H groups in total. The van der Waals surface area contributed by atoms with Crippen LogP contribution in [0.3, 0.4) is 0 Å². The lowest BCUT2D eigenvalue weighted by Crippen LogP contribution is -2.27. The molecular weight excluding hydrogens is 364 g/mol. The average Bonchev–Trinajstić information content (AvgIpc) is 3.11. The number of thiophene rings is 1. The molecule has 0 fully saturated rings. The molecule has 0 bridgehead atoms. The molecule has 0 saturated heterocycles. The summed E-state index contributed by atoms with van der Waals surface area (Å²) in [5.74, 6) is -1.28. The first-order valence-corrected chi connectivity index (χ1v) is 8.80. The number of aryl methyl sites for hydroxylation is 1. The van der Waals surface area contributed by atoms with E-state index >= 15 is 0 Å². The molecule has 0 atom stereocenters. The number of esters is 1. The van der Waals surface area contributed by atoms with Gasteiger partial charge in [-0.15, -0.1) is 0 Å². The molecule has 8 heteroatoms. The number of hydrogen-bond donors (Lipinski definition) is 2. The van der Waals surface area contributed by atoms with Crippen LogP contribution < -0.4 is 10.6 Å². The van der Waals surface area contributed by atoms with Crippen molar-refractivity contribution in [2.45, 2.75) is 13.3 Å². The maximum Gasteiger partial charge on any atom is 0.308 e. The second-order valence-electron chi connectivity index (χ2n) is 5.19. The maximum absolute atomic E-state index is 11.8. The third-order valence-corrected chi connectivity index (χ3v) is 4.31. The minimum Gasteiger partial charge on any atom is -0.456 e. The topological polar surface area (TPSA) is 84.5 Å². The van der Waals surface area contributed by atoms with Gasteiger partial charge in [0.25, 0.3) is 11.8 Å². The van der Waals surface area contributed by atoms with Crippen molar-refractivity contribution in [2.24, 2.45) is 0 Å². The van der Waals surface area contributed by atoms with Gasteiger partial charge in [-0.1, -0.05) is 17.7 Å². The quantitative estimate of drug-likeness (QED) is 0.723. The van der Waals surface area contributed by atoms with Gasteiger partial charge < -0.3 is 15.4 Å². The highest BCUT2D eigenvalue weighted by atomic mass is 35.5. The number of carbonyl (C=O) groups excluding carboxylic acids is 3.